The number of ether oxygens (including phenoxy) is 2. The van der Waals surface area contributed by atoms with Gasteiger partial charge in [0.1, 0.15) is 17.5 Å². The lowest BCUT2D eigenvalue weighted by Gasteiger charge is -2.24. The normalized spacial score (nSPS) is 13.0. The number of nitrogens with zero attached hydrogens (tertiary/aromatic N) is 2. The summed E-state index contributed by atoms with van der Waals surface area (Å²) in [4.78, 5) is 36.3. The zero-order valence-corrected chi connectivity index (χ0v) is 21.7. The van der Waals surface area contributed by atoms with Crippen LogP contribution in [0, 0.1) is 0 Å². The van der Waals surface area contributed by atoms with Gasteiger partial charge in [-0.15, -0.1) is 0 Å². The summed E-state index contributed by atoms with van der Waals surface area (Å²) in [6, 6.07) is 12.6. The van der Waals surface area contributed by atoms with Crippen LogP contribution in [0.4, 0.5) is 15.3 Å². The molecule has 0 atom stereocenters. The second-order valence-electron chi connectivity index (χ2n) is 10.6. The summed E-state index contributed by atoms with van der Waals surface area (Å²) in [6.45, 7) is 11.7. The van der Waals surface area contributed by atoms with E-state index in [1.165, 1.54) is 4.57 Å². The highest BCUT2D eigenvalue weighted by Gasteiger charge is 2.28. The number of fused-ring (bicyclic) bond motifs is 2. The van der Waals surface area contributed by atoms with Crippen molar-refractivity contribution in [3.05, 3.63) is 65.4 Å². The van der Waals surface area contributed by atoms with Crippen LogP contribution in [0.2, 0.25) is 0 Å². The maximum Gasteiger partial charge on any atom is 0.418 e. The summed E-state index contributed by atoms with van der Waals surface area (Å²) in [5.74, 6) is 0. The smallest absolute Gasteiger partial charge is 0.418 e. The molecule has 8 heteroatoms. The van der Waals surface area contributed by atoms with E-state index in [2.05, 4.69) is 0 Å². The van der Waals surface area contributed by atoms with E-state index in [9.17, 15) is 14.4 Å². The first-order valence-corrected chi connectivity index (χ1v) is 11.8. The number of aliphatic hydroxyl groups is 1. The lowest BCUT2D eigenvalue weighted by Crippen LogP contribution is -2.35. The summed E-state index contributed by atoms with van der Waals surface area (Å²) in [7, 11) is 0. The third-order valence-corrected chi connectivity index (χ3v) is 5.28. The highest BCUT2D eigenvalue weighted by atomic mass is 16.6. The van der Waals surface area contributed by atoms with Crippen LogP contribution < -0.4 is 4.90 Å². The summed E-state index contributed by atoms with van der Waals surface area (Å²) >= 11 is 0. The number of aldehydes is 1. The highest BCUT2D eigenvalue weighted by Crippen LogP contribution is 2.30. The average Bonchev–Trinajstić information content (AvgIpc) is 3.40. The summed E-state index contributed by atoms with van der Waals surface area (Å²) in [6.07, 6.45) is 2.51. The molecule has 1 aromatic heterocycles. The molecule has 1 amide bonds. The number of carbonyl (C=O) groups excluding carboxylic acids is 3. The molecule has 3 aromatic rings. The molecular weight excluding hydrogens is 460 g/mol. The molecule has 2 heterocycles. The number of aromatic nitrogens is 1. The Morgan fingerprint density at radius 3 is 2.22 bits per heavy atom. The molecule has 4 rings (SSSR count). The van der Waals surface area contributed by atoms with Crippen molar-refractivity contribution in [1.29, 1.82) is 0 Å². The number of benzene rings is 2. The molecule has 0 saturated heterocycles. The minimum atomic E-state index is -0.531. The minimum absolute atomic E-state index is 0.0275. The number of hydrogen-bond donors (Lipinski definition) is 1. The van der Waals surface area contributed by atoms with Crippen LogP contribution in [-0.2, 0) is 22.5 Å². The van der Waals surface area contributed by atoms with Crippen LogP contribution in [0.15, 0.2) is 48.7 Å². The standard InChI is InChI=1S/C14H19NO3.C14H15NO3/c2*1-14(2,3)18-13(17)15-7-6-11-8-10(9-16)4-5-12(11)15/h4-5,8,16H,6-7,9H2,1-3H3;4-9H,1-3H3. The average molecular weight is 495 g/mol. The van der Waals surface area contributed by atoms with Crippen molar-refractivity contribution in [2.24, 2.45) is 0 Å². The lowest BCUT2D eigenvalue weighted by molar-refractivity contribution is 0.0541. The Balaban J connectivity index is 0.000000201. The van der Waals surface area contributed by atoms with E-state index in [1.54, 1.807) is 35.4 Å². The number of amides is 1. The van der Waals surface area contributed by atoms with Crippen LogP contribution in [0.5, 0.6) is 0 Å². The predicted octanol–water partition coefficient (Wildman–Crippen LogP) is 5.71. The Labute approximate surface area is 211 Å². The van der Waals surface area contributed by atoms with Crippen LogP contribution in [0.25, 0.3) is 10.9 Å². The van der Waals surface area contributed by atoms with Crippen LogP contribution >= 0.6 is 0 Å². The first kappa shape index (κ1) is 26.9. The van der Waals surface area contributed by atoms with Crippen LogP contribution in [0.1, 0.15) is 63.0 Å². The summed E-state index contributed by atoms with van der Waals surface area (Å²) in [5, 5.41) is 9.93. The topological polar surface area (TPSA) is 98.1 Å². The van der Waals surface area contributed by atoms with Crippen LogP contribution in [0.3, 0.4) is 0 Å². The second kappa shape index (κ2) is 10.5. The Kier molecular flexibility index (Phi) is 7.89. The van der Waals surface area contributed by atoms with Gasteiger partial charge in [-0.2, -0.15) is 0 Å². The fraction of sp³-hybridized carbons (Fsp3) is 0.393. The molecule has 0 aliphatic carbocycles. The Bertz CT molecular complexity index is 1260. The maximum atomic E-state index is 12.0. The molecule has 36 heavy (non-hydrogen) atoms. The van der Waals surface area contributed by atoms with Gasteiger partial charge in [0.05, 0.1) is 17.8 Å². The molecule has 0 bridgehead atoms. The van der Waals surface area contributed by atoms with Gasteiger partial charge in [-0.05, 0) is 89.4 Å². The first-order chi connectivity index (χ1) is 16.8. The van der Waals surface area contributed by atoms with E-state index < -0.39 is 17.3 Å². The number of rotatable bonds is 2. The zero-order chi connectivity index (χ0) is 26.7. The molecule has 0 fully saturated rings. The Hall–Kier alpha value is -3.65. The number of hydrogen-bond acceptors (Lipinski definition) is 6. The Morgan fingerprint density at radius 1 is 0.944 bits per heavy atom. The van der Waals surface area contributed by atoms with Crippen molar-refractivity contribution in [2.45, 2.75) is 65.8 Å². The number of anilines is 1. The van der Waals surface area contributed by atoms with E-state index in [1.807, 2.05) is 59.7 Å². The van der Waals surface area contributed by atoms with E-state index in [4.69, 9.17) is 14.6 Å². The van der Waals surface area contributed by atoms with E-state index in [0.29, 0.717) is 12.1 Å². The molecule has 0 radical (unpaired) electrons. The largest absolute Gasteiger partial charge is 0.443 e. The van der Waals surface area contributed by atoms with Gasteiger partial charge in [0.2, 0.25) is 0 Å². The van der Waals surface area contributed by atoms with E-state index >= 15 is 0 Å². The molecule has 0 spiro atoms. The lowest BCUT2D eigenvalue weighted by atomic mass is 10.1. The van der Waals surface area contributed by atoms with E-state index in [-0.39, 0.29) is 12.7 Å². The van der Waals surface area contributed by atoms with Gasteiger partial charge in [-0.3, -0.25) is 14.3 Å². The van der Waals surface area contributed by atoms with Crippen molar-refractivity contribution >= 4 is 35.1 Å². The summed E-state index contributed by atoms with van der Waals surface area (Å²) in [5.41, 5.74) is 3.16. The van der Waals surface area contributed by atoms with Crippen molar-refractivity contribution in [1.82, 2.24) is 4.57 Å². The quantitative estimate of drug-likeness (QED) is 0.458. The number of aliphatic hydroxyl groups excluding tert-OH is 1. The van der Waals surface area contributed by atoms with Gasteiger partial charge in [0.15, 0.2) is 0 Å². The van der Waals surface area contributed by atoms with Crippen molar-refractivity contribution in [3.63, 3.8) is 0 Å². The molecule has 192 valence electrons. The SMILES string of the molecule is CC(C)(C)OC(=O)N1CCc2cc(CO)ccc21.CC(C)(C)OC(=O)n1ccc2cc(C=O)ccc21. The molecule has 2 aromatic carbocycles. The van der Waals surface area contributed by atoms with Gasteiger partial charge < -0.3 is 14.6 Å². The molecule has 1 N–H and O–H groups in total. The molecule has 1 aliphatic rings. The highest BCUT2D eigenvalue weighted by molar-refractivity contribution is 5.93. The monoisotopic (exact) mass is 494 g/mol. The molecule has 1 aliphatic heterocycles. The van der Waals surface area contributed by atoms with Gasteiger partial charge in [-0.1, -0.05) is 12.1 Å². The van der Waals surface area contributed by atoms with Gasteiger partial charge in [0, 0.05) is 23.7 Å². The van der Waals surface area contributed by atoms with Gasteiger partial charge >= 0.3 is 12.2 Å². The zero-order valence-electron chi connectivity index (χ0n) is 21.7. The van der Waals surface area contributed by atoms with Gasteiger partial charge in [-0.25, -0.2) is 9.59 Å². The third kappa shape index (κ3) is 6.73. The fourth-order valence-electron chi connectivity index (χ4n) is 3.76. The van der Waals surface area contributed by atoms with Gasteiger partial charge in [0.25, 0.3) is 0 Å². The predicted molar refractivity (Wildman–Crippen MR) is 139 cm³/mol. The first-order valence-electron chi connectivity index (χ1n) is 11.8. The molecule has 8 nitrogen and oxygen atoms in total. The molecule has 0 unspecified atom stereocenters. The third-order valence-electron chi connectivity index (χ3n) is 5.28. The summed E-state index contributed by atoms with van der Waals surface area (Å²) < 4.78 is 12.1. The maximum absolute atomic E-state index is 12.0. The van der Waals surface area contributed by atoms with Crippen molar-refractivity contribution in [2.75, 3.05) is 11.4 Å². The van der Waals surface area contributed by atoms with E-state index in [0.717, 1.165) is 40.4 Å². The Morgan fingerprint density at radius 2 is 1.61 bits per heavy atom. The van der Waals surface area contributed by atoms with Crippen LogP contribution in [-0.4, -0.2) is 45.9 Å². The second-order valence-corrected chi connectivity index (χ2v) is 10.6. The van der Waals surface area contributed by atoms with Crippen molar-refractivity contribution in [3.8, 4) is 0 Å². The van der Waals surface area contributed by atoms with Crippen molar-refractivity contribution < 1.29 is 29.0 Å². The fourth-order valence-corrected chi connectivity index (χ4v) is 3.76. The minimum Gasteiger partial charge on any atom is -0.443 e. The molecule has 0 saturated carbocycles. The molecular formula is C28H34N2O6. The number of carbonyl (C=O) groups is 3.